The molecule has 1 fully saturated rings. The van der Waals surface area contributed by atoms with Crippen molar-refractivity contribution in [3.05, 3.63) is 60.0 Å². The Bertz CT molecular complexity index is 1050. The summed E-state index contributed by atoms with van der Waals surface area (Å²) in [5, 5.41) is 7.02. The van der Waals surface area contributed by atoms with Crippen molar-refractivity contribution >= 4 is 41.3 Å². The number of nitrogens with zero attached hydrogens (tertiary/aromatic N) is 4. The molecule has 32 heavy (non-hydrogen) atoms. The van der Waals surface area contributed by atoms with Gasteiger partial charge in [0.2, 0.25) is 0 Å². The molecule has 4 rings (SSSR count). The summed E-state index contributed by atoms with van der Waals surface area (Å²) >= 11 is 0. The predicted molar refractivity (Wildman–Crippen MR) is 142 cm³/mol. The first-order valence-corrected chi connectivity index (χ1v) is 11.0. The van der Waals surface area contributed by atoms with E-state index in [0.29, 0.717) is 12.6 Å². The minimum Gasteiger partial charge on any atom is -0.497 e. The van der Waals surface area contributed by atoms with Crippen molar-refractivity contribution in [1.29, 1.82) is 0 Å². The Hall–Kier alpha value is -2.49. The van der Waals surface area contributed by atoms with E-state index in [1.165, 1.54) is 11.4 Å². The van der Waals surface area contributed by atoms with Gasteiger partial charge in [0.25, 0.3) is 0 Å². The van der Waals surface area contributed by atoms with Crippen LogP contribution in [0, 0.1) is 6.92 Å². The molecule has 3 aromatic rings. The van der Waals surface area contributed by atoms with Crippen LogP contribution in [0.5, 0.6) is 5.75 Å². The van der Waals surface area contributed by atoms with Gasteiger partial charge in [0, 0.05) is 49.3 Å². The summed E-state index contributed by atoms with van der Waals surface area (Å²) in [5.41, 5.74) is 4.30. The summed E-state index contributed by atoms with van der Waals surface area (Å²) in [6.45, 7) is 7.54. The molecule has 0 bridgehead atoms. The van der Waals surface area contributed by atoms with Gasteiger partial charge in [-0.15, -0.1) is 24.0 Å². The number of aliphatic imine (C=N–C) groups is 1. The lowest BCUT2D eigenvalue weighted by Crippen LogP contribution is -2.51. The SMILES string of the molecule is CCNC(=NCc1cn2c(C)cccc2n1)NC1CCCN(c2cccc(OC)c2)C1.I. The molecule has 0 aliphatic carbocycles. The smallest absolute Gasteiger partial charge is 0.191 e. The maximum Gasteiger partial charge on any atom is 0.191 e. The van der Waals surface area contributed by atoms with E-state index >= 15 is 0 Å². The van der Waals surface area contributed by atoms with Gasteiger partial charge >= 0.3 is 0 Å². The number of piperidine rings is 1. The minimum atomic E-state index is 0. The first kappa shape index (κ1) is 24.2. The number of anilines is 1. The molecule has 1 aromatic carbocycles. The molecule has 8 heteroatoms. The molecule has 2 N–H and O–H groups in total. The van der Waals surface area contributed by atoms with Crippen LogP contribution in [-0.4, -0.2) is 48.1 Å². The number of benzene rings is 1. The van der Waals surface area contributed by atoms with Gasteiger partial charge in [-0.1, -0.05) is 12.1 Å². The molecular weight excluding hydrogens is 515 g/mol. The number of halogens is 1. The van der Waals surface area contributed by atoms with Gasteiger partial charge in [-0.05, 0) is 51.0 Å². The van der Waals surface area contributed by atoms with E-state index in [9.17, 15) is 0 Å². The number of methoxy groups -OCH3 is 1. The van der Waals surface area contributed by atoms with Crippen molar-refractivity contribution in [2.45, 2.75) is 39.3 Å². The maximum absolute atomic E-state index is 5.39. The molecule has 7 nitrogen and oxygen atoms in total. The molecule has 1 atom stereocenters. The molecule has 0 spiro atoms. The number of rotatable bonds is 6. The van der Waals surface area contributed by atoms with Gasteiger partial charge in [0.05, 0.1) is 19.3 Å². The van der Waals surface area contributed by atoms with Crippen LogP contribution < -0.4 is 20.3 Å². The molecule has 172 valence electrons. The topological polar surface area (TPSA) is 66.2 Å². The van der Waals surface area contributed by atoms with Gasteiger partial charge in [-0.2, -0.15) is 0 Å². The fraction of sp³-hybridized carbons (Fsp3) is 0.417. The largest absolute Gasteiger partial charge is 0.497 e. The van der Waals surface area contributed by atoms with Gasteiger partial charge in [-0.25, -0.2) is 9.98 Å². The van der Waals surface area contributed by atoms with Crippen LogP contribution in [0.25, 0.3) is 5.65 Å². The highest BCUT2D eigenvalue weighted by molar-refractivity contribution is 14.0. The van der Waals surface area contributed by atoms with Crippen molar-refractivity contribution in [3.63, 3.8) is 0 Å². The summed E-state index contributed by atoms with van der Waals surface area (Å²) in [7, 11) is 1.71. The highest BCUT2D eigenvalue weighted by Gasteiger charge is 2.21. The Morgan fingerprint density at radius 2 is 2.09 bits per heavy atom. The van der Waals surface area contributed by atoms with Gasteiger partial charge in [-0.3, -0.25) is 0 Å². The zero-order chi connectivity index (χ0) is 21.6. The fourth-order valence-corrected chi connectivity index (χ4v) is 4.09. The van der Waals surface area contributed by atoms with Crippen LogP contribution in [0.3, 0.4) is 0 Å². The Morgan fingerprint density at radius 3 is 2.88 bits per heavy atom. The Balaban J connectivity index is 0.00000289. The minimum absolute atomic E-state index is 0. The predicted octanol–water partition coefficient (Wildman–Crippen LogP) is 3.99. The van der Waals surface area contributed by atoms with Crippen molar-refractivity contribution < 1.29 is 4.74 Å². The third-order valence-corrected chi connectivity index (χ3v) is 5.67. The van der Waals surface area contributed by atoms with Crippen molar-refractivity contribution in [3.8, 4) is 5.75 Å². The lowest BCUT2D eigenvalue weighted by Gasteiger charge is -2.35. The number of aryl methyl sites for hydroxylation is 1. The average Bonchev–Trinajstić information content (AvgIpc) is 3.22. The van der Waals surface area contributed by atoms with Crippen LogP contribution in [0.2, 0.25) is 0 Å². The molecule has 3 heterocycles. The quantitative estimate of drug-likeness (QED) is 0.277. The van der Waals surface area contributed by atoms with E-state index in [2.05, 4.69) is 58.2 Å². The molecular formula is C24H33IN6O. The van der Waals surface area contributed by atoms with Gasteiger partial charge < -0.3 is 24.7 Å². The second-order valence-corrected chi connectivity index (χ2v) is 7.95. The first-order valence-electron chi connectivity index (χ1n) is 11.0. The summed E-state index contributed by atoms with van der Waals surface area (Å²) < 4.78 is 7.50. The zero-order valence-electron chi connectivity index (χ0n) is 19.0. The number of fused-ring (bicyclic) bond motifs is 1. The average molecular weight is 548 g/mol. The third kappa shape index (κ3) is 5.85. The van der Waals surface area contributed by atoms with Crippen LogP contribution in [0.1, 0.15) is 31.2 Å². The molecule has 0 amide bonds. The number of pyridine rings is 1. The number of nitrogens with one attached hydrogen (secondary N) is 2. The molecule has 1 aliphatic rings. The number of imidazole rings is 1. The lowest BCUT2D eigenvalue weighted by atomic mass is 10.0. The summed E-state index contributed by atoms with van der Waals surface area (Å²) in [6, 6.07) is 14.8. The second-order valence-electron chi connectivity index (χ2n) is 7.95. The van der Waals surface area contributed by atoms with E-state index in [0.717, 1.165) is 55.5 Å². The molecule has 0 saturated carbocycles. The molecule has 2 aromatic heterocycles. The number of ether oxygens (including phenoxy) is 1. The van der Waals surface area contributed by atoms with Crippen LogP contribution in [0.15, 0.2) is 53.7 Å². The number of guanidine groups is 1. The first-order chi connectivity index (χ1) is 15.2. The lowest BCUT2D eigenvalue weighted by molar-refractivity contribution is 0.414. The Morgan fingerprint density at radius 1 is 1.25 bits per heavy atom. The normalized spacial score (nSPS) is 16.5. The van der Waals surface area contributed by atoms with Crippen LogP contribution >= 0.6 is 24.0 Å². The Kier molecular flexibility index (Phi) is 8.60. The zero-order valence-corrected chi connectivity index (χ0v) is 21.4. The van der Waals surface area contributed by atoms with Crippen molar-refractivity contribution in [2.24, 2.45) is 4.99 Å². The highest BCUT2D eigenvalue weighted by Crippen LogP contribution is 2.24. The van der Waals surface area contributed by atoms with Crippen molar-refractivity contribution in [1.82, 2.24) is 20.0 Å². The second kappa shape index (κ2) is 11.4. The molecule has 0 radical (unpaired) electrons. The standard InChI is InChI=1S/C24H32N6O.HI/c1-4-25-24(26-15-20-17-30-18(2)8-5-12-23(30)27-20)28-19-9-7-13-29(16-19)21-10-6-11-22(14-21)31-3;/h5-6,8,10-12,14,17,19H,4,7,9,13,15-16H2,1-3H3,(H2,25,26,28);1H. The molecule has 1 saturated heterocycles. The number of aromatic nitrogens is 2. The van der Waals surface area contributed by atoms with E-state index in [1.54, 1.807) is 7.11 Å². The maximum atomic E-state index is 5.39. The van der Waals surface area contributed by atoms with E-state index in [1.807, 2.05) is 24.3 Å². The monoisotopic (exact) mass is 548 g/mol. The van der Waals surface area contributed by atoms with Gasteiger partial charge in [0.15, 0.2) is 5.96 Å². The molecule has 1 unspecified atom stereocenters. The Labute approximate surface area is 207 Å². The van der Waals surface area contributed by atoms with Gasteiger partial charge in [0.1, 0.15) is 11.4 Å². The number of hydrogen-bond donors (Lipinski definition) is 2. The summed E-state index contributed by atoms with van der Waals surface area (Å²) in [4.78, 5) is 11.9. The van der Waals surface area contributed by atoms with E-state index in [-0.39, 0.29) is 24.0 Å². The van der Waals surface area contributed by atoms with Crippen LogP contribution in [0.4, 0.5) is 5.69 Å². The third-order valence-electron chi connectivity index (χ3n) is 5.67. The number of hydrogen-bond acceptors (Lipinski definition) is 4. The fourth-order valence-electron chi connectivity index (χ4n) is 4.09. The molecule has 1 aliphatic heterocycles. The summed E-state index contributed by atoms with van der Waals surface area (Å²) in [5.74, 6) is 1.74. The van der Waals surface area contributed by atoms with Crippen molar-refractivity contribution in [2.75, 3.05) is 31.6 Å². The van der Waals surface area contributed by atoms with E-state index < -0.39 is 0 Å². The van der Waals surface area contributed by atoms with E-state index in [4.69, 9.17) is 14.7 Å². The summed E-state index contributed by atoms with van der Waals surface area (Å²) in [6.07, 6.45) is 4.33. The van der Waals surface area contributed by atoms with Crippen LogP contribution in [-0.2, 0) is 6.54 Å². The highest BCUT2D eigenvalue weighted by atomic mass is 127.